The minimum atomic E-state index is 0.198. The van der Waals surface area contributed by atoms with Crippen LogP contribution in [0.1, 0.15) is 6.92 Å². The fourth-order valence-corrected chi connectivity index (χ4v) is 1.90. The molecular weight excluding hydrogens is 259 g/mol. The van der Waals surface area contributed by atoms with Crippen molar-refractivity contribution < 1.29 is 0 Å². The van der Waals surface area contributed by atoms with E-state index in [-0.39, 0.29) is 5.41 Å². The van der Waals surface area contributed by atoms with Crippen molar-refractivity contribution in [3.63, 3.8) is 0 Å². The Balaban J connectivity index is 2.99. The lowest BCUT2D eigenvalue weighted by Crippen LogP contribution is -2.18. The molecule has 0 saturated heterocycles. The molecule has 0 heterocycles. The minimum absolute atomic E-state index is 0.198. The van der Waals surface area contributed by atoms with E-state index in [2.05, 4.69) is 66.5 Å². The average molecular weight is 272 g/mol. The molecule has 1 unspecified atom stereocenters. The summed E-state index contributed by atoms with van der Waals surface area (Å²) in [5, 5.41) is 0. The number of rotatable bonds is 2. The highest BCUT2D eigenvalue weighted by atomic mass is 127. The third-order valence-electron chi connectivity index (χ3n) is 2.09. The number of halogens is 1. The van der Waals surface area contributed by atoms with Crippen LogP contribution in [0.4, 0.5) is 0 Å². The molecule has 1 aliphatic rings. The van der Waals surface area contributed by atoms with E-state index in [0.29, 0.717) is 0 Å². The predicted octanol–water partition coefficient (Wildman–Crippen LogP) is 3.67. The van der Waals surface area contributed by atoms with Crippen LogP contribution < -0.4 is 0 Å². The molecule has 1 heteroatoms. The van der Waals surface area contributed by atoms with Crippen molar-refractivity contribution in [3.05, 3.63) is 48.6 Å². The van der Waals surface area contributed by atoms with Gasteiger partial charge in [0.05, 0.1) is 0 Å². The van der Waals surface area contributed by atoms with Crippen LogP contribution in [0.5, 0.6) is 0 Å². The van der Waals surface area contributed by atoms with Crippen LogP contribution in [0.2, 0.25) is 0 Å². The Kier molecular flexibility index (Phi) is 3.32. The molecule has 0 aliphatic heterocycles. The molecule has 0 amide bonds. The van der Waals surface area contributed by atoms with Gasteiger partial charge in [0.2, 0.25) is 0 Å². The van der Waals surface area contributed by atoms with E-state index in [1.165, 1.54) is 5.57 Å². The van der Waals surface area contributed by atoms with Gasteiger partial charge in [-0.2, -0.15) is 0 Å². The van der Waals surface area contributed by atoms with E-state index in [1.807, 2.05) is 6.08 Å². The van der Waals surface area contributed by atoms with Crippen molar-refractivity contribution in [2.45, 2.75) is 6.92 Å². The van der Waals surface area contributed by atoms with Crippen LogP contribution in [-0.2, 0) is 0 Å². The summed E-state index contributed by atoms with van der Waals surface area (Å²) in [6, 6.07) is 0. The fourth-order valence-electron chi connectivity index (χ4n) is 1.21. The first-order valence-corrected chi connectivity index (χ1v) is 5.50. The minimum Gasteiger partial charge on any atom is -0.0991 e. The molecule has 12 heavy (non-hydrogen) atoms. The first kappa shape index (κ1) is 9.78. The van der Waals surface area contributed by atoms with Crippen LogP contribution in [0.15, 0.2) is 48.6 Å². The third kappa shape index (κ3) is 1.89. The fraction of sp³-hybridized carbons (Fsp3) is 0.273. The number of alkyl halides is 1. The van der Waals surface area contributed by atoms with Gasteiger partial charge in [-0.15, -0.1) is 0 Å². The molecule has 0 aromatic rings. The summed E-state index contributed by atoms with van der Waals surface area (Å²) in [5.41, 5.74) is 1.54. The molecule has 0 spiro atoms. The second-order valence-corrected chi connectivity index (χ2v) is 3.89. The Bertz CT molecular complexity index is 258. The van der Waals surface area contributed by atoms with Crippen LogP contribution >= 0.6 is 22.6 Å². The van der Waals surface area contributed by atoms with Gasteiger partial charge in [-0.25, -0.2) is 0 Å². The molecule has 0 aromatic carbocycles. The van der Waals surface area contributed by atoms with E-state index in [9.17, 15) is 0 Å². The summed E-state index contributed by atoms with van der Waals surface area (Å²) < 4.78 is 1.10. The van der Waals surface area contributed by atoms with E-state index in [1.54, 1.807) is 0 Å². The highest BCUT2D eigenvalue weighted by Crippen LogP contribution is 2.34. The SMILES string of the molecule is C=C/C=C1/C=CC=CC1(C)CI. The Labute approximate surface area is 87.9 Å². The van der Waals surface area contributed by atoms with Gasteiger partial charge in [0.1, 0.15) is 0 Å². The zero-order chi connectivity index (χ0) is 9.03. The first-order valence-electron chi connectivity index (χ1n) is 3.98. The largest absolute Gasteiger partial charge is 0.0991 e. The van der Waals surface area contributed by atoms with Crippen LogP contribution in [-0.4, -0.2) is 4.43 Å². The summed E-state index contributed by atoms with van der Waals surface area (Å²) in [6.45, 7) is 5.96. The van der Waals surface area contributed by atoms with Crippen molar-refractivity contribution in [1.29, 1.82) is 0 Å². The second kappa shape index (κ2) is 4.08. The molecule has 64 valence electrons. The highest BCUT2D eigenvalue weighted by Gasteiger charge is 2.23. The summed E-state index contributed by atoms with van der Waals surface area (Å²) in [7, 11) is 0. The Morgan fingerprint density at radius 3 is 2.92 bits per heavy atom. The average Bonchev–Trinajstić information content (AvgIpc) is 2.10. The van der Waals surface area contributed by atoms with Gasteiger partial charge in [-0.1, -0.05) is 72.5 Å². The topological polar surface area (TPSA) is 0 Å². The van der Waals surface area contributed by atoms with Crippen molar-refractivity contribution in [2.24, 2.45) is 5.41 Å². The maximum atomic E-state index is 3.72. The zero-order valence-electron chi connectivity index (χ0n) is 7.26. The van der Waals surface area contributed by atoms with Crippen molar-refractivity contribution >= 4 is 22.6 Å². The molecule has 0 fully saturated rings. The highest BCUT2D eigenvalue weighted by molar-refractivity contribution is 14.1. The predicted molar refractivity (Wildman–Crippen MR) is 63.6 cm³/mol. The summed E-state index contributed by atoms with van der Waals surface area (Å²) in [4.78, 5) is 0. The van der Waals surface area contributed by atoms with Gasteiger partial charge in [-0.05, 0) is 5.57 Å². The number of allylic oxidation sites excluding steroid dienone is 7. The van der Waals surface area contributed by atoms with Crippen LogP contribution in [0, 0.1) is 5.41 Å². The normalized spacial score (nSPS) is 31.0. The maximum absolute atomic E-state index is 3.72. The molecule has 1 atom stereocenters. The standard InChI is InChI=1S/C11H13I/c1-3-6-10-7-4-5-8-11(10,2)9-12/h3-8H,1,9H2,2H3/b10-6-. The number of hydrogen-bond donors (Lipinski definition) is 0. The van der Waals surface area contributed by atoms with Crippen molar-refractivity contribution in [3.8, 4) is 0 Å². The van der Waals surface area contributed by atoms with E-state index in [4.69, 9.17) is 0 Å². The number of hydrogen-bond acceptors (Lipinski definition) is 0. The second-order valence-electron chi connectivity index (χ2n) is 3.13. The summed E-state index contributed by atoms with van der Waals surface area (Å²) in [6.07, 6.45) is 12.5. The molecule has 1 rings (SSSR count). The van der Waals surface area contributed by atoms with Gasteiger partial charge in [0.15, 0.2) is 0 Å². The summed E-state index contributed by atoms with van der Waals surface area (Å²) in [5.74, 6) is 0. The Morgan fingerprint density at radius 2 is 2.33 bits per heavy atom. The van der Waals surface area contributed by atoms with Crippen molar-refractivity contribution in [2.75, 3.05) is 4.43 Å². The lowest BCUT2D eigenvalue weighted by Gasteiger charge is -2.27. The van der Waals surface area contributed by atoms with E-state index >= 15 is 0 Å². The monoisotopic (exact) mass is 272 g/mol. The van der Waals surface area contributed by atoms with Gasteiger partial charge < -0.3 is 0 Å². The molecule has 1 aliphatic carbocycles. The molecule has 0 aromatic heterocycles. The lowest BCUT2D eigenvalue weighted by atomic mass is 9.81. The quantitative estimate of drug-likeness (QED) is 0.531. The third-order valence-corrected chi connectivity index (χ3v) is 3.67. The van der Waals surface area contributed by atoms with Gasteiger partial charge in [0, 0.05) is 9.84 Å². The Hall–Kier alpha value is -0.310. The molecular formula is C11H13I. The molecule has 0 nitrogen and oxygen atoms in total. The molecule has 0 saturated carbocycles. The molecule has 0 bridgehead atoms. The van der Waals surface area contributed by atoms with E-state index in [0.717, 1.165) is 4.43 Å². The lowest BCUT2D eigenvalue weighted by molar-refractivity contribution is 0.614. The van der Waals surface area contributed by atoms with E-state index < -0.39 is 0 Å². The van der Waals surface area contributed by atoms with Crippen LogP contribution in [0.3, 0.4) is 0 Å². The van der Waals surface area contributed by atoms with Gasteiger partial charge in [0.25, 0.3) is 0 Å². The van der Waals surface area contributed by atoms with Crippen molar-refractivity contribution in [1.82, 2.24) is 0 Å². The van der Waals surface area contributed by atoms with Gasteiger partial charge in [-0.3, -0.25) is 0 Å². The summed E-state index contributed by atoms with van der Waals surface area (Å²) >= 11 is 2.42. The van der Waals surface area contributed by atoms with Crippen LogP contribution in [0.25, 0.3) is 0 Å². The first-order chi connectivity index (χ1) is 5.73. The zero-order valence-corrected chi connectivity index (χ0v) is 9.41. The molecule has 0 N–H and O–H groups in total. The molecule has 0 radical (unpaired) electrons. The Morgan fingerprint density at radius 1 is 1.58 bits per heavy atom. The maximum Gasteiger partial charge on any atom is 0.0196 e. The smallest absolute Gasteiger partial charge is 0.0196 e. The van der Waals surface area contributed by atoms with Gasteiger partial charge >= 0.3 is 0 Å².